The molecule has 3 aliphatic rings. The Morgan fingerprint density at radius 3 is 2.62 bits per heavy atom. The Kier molecular flexibility index (Phi) is 4.26. The molecular formula is C24H24N2O3. The van der Waals surface area contributed by atoms with Crippen molar-refractivity contribution in [2.24, 2.45) is 0 Å². The highest BCUT2D eigenvalue weighted by Crippen LogP contribution is 2.39. The van der Waals surface area contributed by atoms with Crippen LogP contribution in [0.2, 0.25) is 0 Å². The van der Waals surface area contributed by atoms with Crippen LogP contribution in [-0.4, -0.2) is 29.2 Å². The van der Waals surface area contributed by atoms with E-state index in [0.717, 1.165) is 54.6 Å². The molecule has 0 aromatic heterocycles. The van der Waals surface area contributed by atoms with Crippen LogP contribution in [0.1, 0.15) is 58.3 Å². The molecule has 3 amide bonds. The number of ketones is 1. The van der Waals surface area contributed by atoms with Gasteiger partial charge in [0, 0.05) is 5.56 Å². The molecule has 5 nitrogen and oxygen atoms in total. The van der Waals surface area contributed by atoms with Gasteiger partial charge in [0.1, 0.15) is 5.54 Å². The third-order valence-electron chi connectivity index (χ3n) is 6.62. The van der Waals surface area contributed by atoms with Gasteiger partial charge in [0.05, 0.1) is 6.54 Å². The van der Waals surface area contributed by atoms with E-state index in [4.69, 9.17) is 0 Å². The van der Waals surface area contributed by atoms with Crippen molar-refractivity contribution >= 4 is 17.7 Å². The Balaban J connectivity index is 1.43. The highest BCUT2D eigenvalue weighted by Gasteiger charge is 2.53. The van der Waals surface area contributed by atoms with Crippen LogP contribution in [0.4, 0.5) is 4.79 Å². The second-order valence-corrected chi connectivity index (χ2v) is 8.35. The van der Waals surface area contributed by atoms with E-state index in [0.29, 0.717) is 12.0 Å². The summed E-state index contributed by atoms with van der Waals surface area (Å²) in [7, 11) is 0. The first-order valence-electron chi connectivity index (χ1n) is 10.5. The van der Waals surface area contributed by atoms with Gasteiger partial charge < -0.3 is 5.32 Å². The summed E-state index contributed by atoms with van der Waals surface area (Å²) >= 11 is 0. The number of nitrogens with one attached hydrogen (secondary N) is 1. The molecule has 1 atom stereocenters. The van der Waals surface area contributed by atoms with Gasteiger partial charge in [0.25, 0.3) is 5.91 Å². The molecule has 1 saturated heterocycles. The number of fused-ring (bicyclic) bond motifs is 3. The van der Waals surface area contributed by atoms with Crippen LogP contribution in [0.5, 0.6) is 0 Å². The maximum absolute atomic E-state index is 13.5. The SMILES string of the molecule is O=C(CN1C(=O)NC2(CCCCc3ccccc32)C1=O)c1ccc2c(c1)CCC2. The molecule has 1 aliphatic heterocycles. The van der Waals surface area contributed by atoms with Crippen molar-refractivity contribution in [1.29, 1.82) is 0 Å². The molecule has 2 aromatic carbocycles. The molecule has 1 heterocycles. The average Bonchev–Trinajstić information content (AvgIpc) is 3.23. The quantitative estimate of drug-likeness (QED) is 0.646. The number of carbonyl (C=O) groups is 3. The van der Waals surface area contributed by atoms with Gasteiger partial charge in [0.15, 0.2) is 5.78 Å². The topological polar surface area (TPSA) is 66.5 Å². The molecule has 5 heteroatoms. The zero-order valence-electron chi connectivity index (χ0n) is 16.4. The predicted molar refractivity (Wildman–Crippen MR) is 109 cm³/mol. The highest BCUT2D eigenvalue weighted by molar-refractivity contribution is 6.11. The van der Waals surface area contributed by atoms with E-state index in [1.54, 1.807) is 0 Å². The van der Waals surface area contributed by atoms with Gasteiger partial charge in [-0.2, -0.15) is 0 Å². The molecule has 1 unspecified atom stereocenters. The summed E-state index contributed by atoms with van der Waals surface area (Å²) in [5.74, 6) is -0.492. The Bertz CT molecular complexity index is 1030. The molecule has 1 fully saturated rings. The summed E-state index contributed by atoms with van der Waals surface area (Å²) in [5.41, 5.74) is 4.03. The van der Waals surface area contributed by atoms with E-state index >= 15 is 0 Å². The van der Waals surface area contributed by atoms with E-state index in [-0.39, 0.29) is 18.2 Å². The minimum absolute atomic E-state index is 0.192. The average molecular weight is 388 g/mol. The normalized spacial score (nSPS) is 23.0. The monoisotopic (exact) mass is 388 g/mol. The summed E-state index contributed by atoms with van der Waals surface area (Å²) in [6.45, 7) is -0.215. The van der Waals surface area contributed by atoms with Crippen LogP contribution >= 0.6 is 0 Å². The van der Waals surface area contributed by atoms with Crippen molar-refractivity contribution in [3.63, 3.8) is 0 Å². The largest absolute Gasteiger partial charge is 0.325 e. The lowest BCUT2D eigenvalue weighted by molar-refractivity contribution is -0.131. The lowest BCUT2D eigenvalue weighted by Gasteiger charge is -2.27. The number of benzene rings is 2. The van der Waals surface area contributed by atoms with E-state index in [9.17, 15) is 14.4 Å². The molecule has 0 radical (unpaired) electrons. The van der Waals surface area contributed by atoms with Gasteiger partial charge in [-0.1, -0.05) is 36.4 Å². The number of hydrogen-bond donors (Lipinski definition) is 1. The van der Waals surface area contributed by atoms with Crippen LogP contribution in [0.15, 0.2) is 42.5 Å². The Labute approximate surface area is 170 Å². The smallest absolute Gasteiger partial charge is 0.319 e. The van der Waals surface area contributed by atoms with Crippen molar-refractivity contribution < 1.29 is 14.4 Å². The van der Waals surface area contributed by atoms with Crippen LogP contribution < -0.4 is 5.32 Å². The standard InChI is InChI=1S/C24H24N2O3/c27-21(19-12-11-16-8-5-9-18(16)14-19)15-26-22(28)24(25-23(26)29)13-4-3-7-17-6-1-2-10-20(17)24/h1-2,6,10-12,14H,3-5,7-9,13,15H2,(H,25,29). The number of carbonyl (C=O) groups excluding carboxylic acids is 3. The highest BCUT2D eigenvalue weighted by atomic mass is 16.2. The molecule has 2 aliphatic carbocycles. The first-order valence-corrected chi connectivity index (χ1v) is 10.5. The van der Waals surface area contributed by atoms with Gasteiger partial charge in [-0.3, -0.25) is 14.5 Å². The van der Waals surface area contributed by atoms with Crippen LogP contribution in [0.3, 0.4) is 0 Å². The van der Waals surface area contributed by atoms with Gasteiger partial charge in [-0.15, -0.1) is 0 Å². The maximum atomic E-state index is 13.5. The van der Waals surface area contributed by atoms with E-state index < -0.39 is 11.6 Å². The molecular weight excluding hydrogens is 364 g/mol. The number of aryl methyl sites for hydroxylation is 3. The lowest BCUT2D eigenvalue weighted by atomic mass is 9.84. The second-order valence-electron chi connectivity index (χ2n) is 8.35. The molecule has 2 aromatic rings. The number of hydrogen-bond acceptors (Lipinski definition) is 3. The molecule has 1 spiro atoms. The summed E-state index contributed by atoms with van der Waals surface area (Å²) < 4.78 is 0. The molecule has 0 bridgehead atoms. The Morgan fingerprint density at radius 2 is 1.72 bits per heavy atom. The molecule has 0 saturated carbocycles. The minimum Gasteiger partial charge on any atom is -0.319 e. The fraction of sp³-hybridized carbons (Fsp3) is 0.375. The first-order chi connectivity index (χ1) is 14.1. The fourth-order valence-corrected chi connectivity index (χ4v) is 5.10. The van der Waals surface area contributed by atoms with Crippen molar-refractivity contribution in [1.82, 2.24) is 10.2 Å². The lowest BCUT2D eigenvalue weighted by Crippen LogP contribution is -2.44. The van der Waals surface area contributed by atoms with Crippen LogP contribution in [0, 0.1) is 0 Å². The fourth-order valence-electron chi connectivity index (χ4n) is 5.10. The number of nitrogens with zero attached hydrogens (tertiary/aromatic N) is 1. The third kappa shape index (κ3) is 2.87. The van der Waals surface area contributed by atoms with Crippen LogP contribution in [-0.2, 0) is 29.6 Å². The molecule has 148 valence electrons. The first kappa shape index (κ1) is 18.1. The molecule has 29 heavy (non-hydrogen) atoms. The van der Waals surface area contributed by atoms with Crippen molar-refractivity contribution in [3.05, 3.63) is 70.3 Å². The number of rotatable bonds is 3. The second kappa shape index (κ2) is 6.83. The number of urea groups is 1. The van der Waals surface area contributed by atoms with E-state index in [2.05, 4.69) is 5.32 Å². The summed E-state index contributed by atoms with van der Waals surface area (Å²) in [4.78, 5) is 40.2. The van der Waals surface area contributed by atoms with Gasteiger partial charge >= 0.3 is 6.03 Å². The summed E-state index contributed by atoms with van der Waals surface area (Å²) in [6, 6.07) is 13.1. The minimum atomic E-state index is -1.04. The summed E-state index contributed by atoms with van der Waals surface area (Å²) in [6.07, 6.45) is 6.46. The van der Waals surface area contributed by atoms with Crippen molar-refractivity contribution in [3.8, 4) is 0 Å². The zero-order chi connectivity index (χ0) is 20.0. The third-order valence-corrected chi connectivity index (χ3v) is 6.62. The van der Waals surface area contributed by atoms with E-state index in [1.807, 2.05) is 42.5 Å². The Morgan fingerprint density at radius 1 is 0.931 bits per heavy atom. The molecule has 5 rings (SSSR count). The predicted octanol–water partition coefficient (Wildman–Crippen LogP) is 3.53. The zero-order valence-corrected chi connectivity index (χ0v) is 16.4. The van der Waals surface area contributed by atoms with Gasteiger partial charge in [0.2, 0.25) is 0 Å². The number of amides is 3. The van der Waals surface area contributed by atoms with Gasteiger partial charge in [-0.25, -0.2) is 4.79 Å². The number of imide groups is 1. The maximum Gasteiger partial charge on any atom is 0.325 e. The number of Topliss-reactive ketones (excluding diaryl/α,β-unsaturated/α-hetero) is 1. The van der Waals surface area contributed by atoms with Crippen molar-refractivity contribution in [2.75, 3.05) is 6.54 Å². The van der Waals surface area contributed by atoms with Crippen molar-refractivity contribution in [2.45, 2.75) is 50.5 Å². The van der Waals surface area contributed by atoms with Crippen LogP contribution in [0.25, 0.3) is 0 Å². The molecule has 1 N–H and O–H groups in total. The Hall–Kier alpha value is -2.95. The van der Waals surface area contributed by atoms with E-state index in [1.165, 1.54) is 11.1 Å². The van der Waals surface area contributed by atoms with Gasteiger partial charge in [-0.05, 0) is 73.3 Å². The summed E-state index contributed by atoms with van der Waals surface area (Å²) in [5, 5.41) is 2.95.